The zero-order valence-electron chi connectivity index (χ0n) is 12.3. The van der Waals surface area contributed by atoms with Crippen molar-refractivity contribution in [2.75, 3.05) is 24.3 Å². The molecular weight excluding hydrogens is 298 g/mol. The molecule has 0 radical (unpaired) electrons. The second-order valence-electron chi connectivity index (χ2n) is 5.09. The first-order valence-electron chi connectivity index (χ1n) is 7.10. The van der Waals surface area contributed by atoms with Crippen LogP contribution in [0.5, 0.6) is 5.75 Å². The number of carbonyl (C=O) groups excluding carboxylic acids is 1. The molecule has 3 rings (SSSR count). The second-order valence-corrected chi connectivity index (χ2v) is 6.63. The molecule has 1 aliphatic heterocycles. The van der Waals surface area contributed by atoms with Gasteiger partial charge in [0.2, 0.25) is 5.91 Å². The van der Waals surface area contributed by atoms with E-state index in [9.17, 15) is 9.00 Å². The summed E-state index contributed by atoms with van der Waals surface area (Å²) in [6.45, 7) is 0.499. The number of rotatable bonds is 3. The zero-order valence-corrected chi connectivity index (χ0v) is 13.1. The monoisotopic (exact) mass is 315 g/mol. The van der Waals surface area contributed by atoms with E-state index in [0.717, 1.165) is 21.9 Å². The largest absolute Gasteiger partial charge is 0.497 e. The lowest BCUT2D eigenvalue weighted by Gasteiger charge is -2.29. The SMILES string of the molecule is COc1ccc(CC(=O)N2CCS(=O)c3ccccc32)cc1. The lowest BCUT2D eigenvalue weighted by atomic mass is 10.1. The van der Waals surface area contributed by atoms with E-state index in [1.165, 1.54) is 0 Å². The number of hydrogen-bond acceptors (Lipinski definition) is 3. The van der Waals surface area contributed by atoms with Crippen molar-refractivity contribution >= 4 is 22.4 Å². The third-order valence-electron chi connectivity index (χ3n) is 3.72. The molecule has 1 heterocycles. The molecule has 0 saturated carbocycles. The Balaban J connectivity index is 1.80. The van der Waals surface area contributed by atoms with E-state index in [2.05, 4.69) is 0 Å². The van der Waals surface area contributed by atoms with Gasteiger partial charge in [-0.1, -0.05) is 24.3 Å². The van der Waals surface area contributed by atoms with Gasteiger partial charge in [-0.2, -0.15) is 0 Å². The van der Waals surface area contributed by atoms with E-state index in [-0.39, 0.29) is 5.91 Å². The van der Waals surface area contributed by atoms with Crippen LogP contribution in [0.2, 0.25) is 0 Å². The highest BCUT2D eigenvalue weighted by Crippen LogP contribution is 2.28. The first kappa shape index (κ1) is 14.8. The van der Waals surface area contributed by atoms with Crippen LogP contribution in [0.15, 0.2) is 53.4 Å². The van der Waals surface area contributed by atoms with Crippen molar-refractivity contribution in [2.45, 2.75) is 11.3 Å². The molecule has 4 nitrogen and oxygen atoms in total. The maximum Gasteiger partial charge on any atom is 0.231 e. The smallest absolute Gasteiger partial charge is 0.231 e. The van der Waals surface area contributed by atoms with E-state index in [1.807, 2.05) is 48.5 Å². The summed E-state index contributed by atoms with van der Waals surface area (Å²) < 4.78 is 17.2. The van der Waals surface area contributed by atoms with Gasteiger partial charge in [0.15, 0.2) is 0 Å². The van der Waals surface area contributed by atoms with Gasteiger partial charge in [-0.05, 0) is 29.8 Å². The average molecular weight is 315 g/mol. The third kappa shape index (κ3) is 2.90. The predicted molar refractivity (Wildman–Crippen MR) is 86.8 cm³/mol. The number of para-hydroxylation sites is 1. The van der Waals surface area contributed by atoms with Gasteiger partial charge >= 0.3 is 0 Å². The lowest BCUT2D eigenvalue weighted by Crippen LogP contribution is -2.39. The first-order chi connectivity index (χ1) is 10.7. The number of hydrogen-bond donors (Lipinski definition) is 0. The normalized spacial score (nSPS) is 17.0. The number of methoxy groups -OCH3 is 1. The summed E-state index contributed by atoms with van der Waals surface area (Å²) in [7, 11) is 0.602. The standard InChI is InChI=1S/C17H17NO3S/c1-21-14-8-6-13(7-9-14)12-17(19)18-10-11-22(20)16-5-3-2-4-15(16)18/h2-9H,10-12H2,1H3. The number of anilines is 1. The summed E-state index contributed by atoms with van der Waals surface area (Å²) in [5, 5.41) is 0. The van der Waals surface area contributed by atoms with Gasteiger partial charge in [-0.15, -0.1) is 0 Å². The van der Waals surface area contributed by atoms with Crippen molar-refractivity contribution < 1.29 is 13.7 Å². The van der Waals surface area contributed by atoms with Crippen molar-refractivity contribution in [1.82, 2.24) is 0 Å². The number of carbonyl (C=O) groups is 1. The fourth-order valence-electron chi connectivity index (χ4n) is 2.55. The fourth-order valence-corrected chi connectivity index (χ4v) is 3.76. The van der Waals surface area contributed by atoms with E-state index in [0.29, 0.717) is 18.7 Å². The summed E-state index contributed by atoms with van der Waals surface area (Å²) in [4.78, 5) is 15.1. The topological polar surface area (TPSA) is 46.6 Å². The van der Waals surface area contributed by atoms with Gasteiger partial charge < -0.3 is 9.64 Å². The molecule has 0 aliphatic carbocycles. The molecule has 0 N–H and O–H groups in total. The van der Waals surface area contributed by atoms with Gasteiger partial charge in [0, 0.05) is 12.3 Å². The van der Waals surface area contributed by atoms with Crippen molar-refractivity contribution in [1.29, 1.82) is 0 Å². The summed E-state index contributed by atoms with van der Waals surface area (Å²) in [6, 6.07) is 14.9. The minimum absolute atomic E-state index is 0.0225. The molecule has 0 aromatic heterocycles. The maximum absolute atomic E-state index is 12.6. The van der Waals surface area contributed by atoms with Crippen LogP contribution in [-0.4, -0.2) is 29.5 Å². The van der Waals surface area contributed by atoms with E-state index >= 15 is 0 Å². The Bertz CT molecular complexity index is 712. The first-order valence-corrected chi connectivity index (χ1v) is 8.41. The fraction of sp³-hybridized carbons (Fsp3) is 0.235. The molecule has 5 heteroatoms. The van der Waals surface area contributed by atoms with Crippen LogP contribution in [0.3, 0.4) is 0 Å². The Labute approximate surface area is 132 Å². The van der Waals surface area contributed by atoms with E-state index in [1.54, 1.807) is 12.0 Å². The molecule has 1 aliphatic rings. The van der Waals surface area contributed by atoms with Crippen LogP contribution in [0.4, 0.5) is 5.69 Å². The minimum atomic E-state index is -1.01. The molecular formula is C17H17NO3S. The number of amides is 1. The molecule has 2 aromatic rings. The number of fused-ring (bicyclic) bond motifs is 1. The highest BCUT2D eigenvalue weighted by Gasteiger charge is 2.26. The summed E-state index contributed by atoms with van der Waals surface area (Å²) in [5.74, 6) is 1.29. The molecule has 114 valence electrons. The van der Waals surface area contributed by atoms with Crippen molar-refractivity contribution in [3.63, 3.8) is 0 Å². The van der Waals surface area contributed by atoms with E-state index in [4.69, 9.17) is 4.74 Å². The molecule has 1 atom stereocenters. The number of benzene rings is 2. The van der Waals surface area contributed by atoms with Gasteiger partial charge in [-0.3, -0.25) is 9.00 Å². The Morgan fingerprint density at radius 2 is 1.91 bits per heavy atom. The second kappa shape index (κ2) is 6.32. The van der Waals surface area contributed by atoms with Gasteiger partial charge in [0.25, 0.3) is 0 Å². The highest BCUT2D eigenvalue weighted by atomic mass is 32.2. The molecule has 0 fully saturated rings. The van der Waals surface area contributed by atoms with Crippen LogP contribution < -0.4 is 9.64 Å². The average Bonchev–Trinajstić information content (AvgIpc) is 2.56. The molecule has 0 saturated heterocycles. The molecule has 0 bridgehead atoms. The molecule has 1 amide bonds. The van der Waals surface area contributed by atoms with Crippen molar-refractivity contribution in [2.24, 2.45) is 0 Å². The van der Waals surface area contributed by atoms with Gasteiger partial charge in [-0.25, -0.2) is 0 Å². The summed E-state index contributed by atoms with van der Waals surface area (Å²) >= 11 is 0. The van der Waals surface area contributed by atoms with E-state index < -0.39 is 10.8 Å². The van der Waals surface area contributed by atoms with Crippen LogP contribution >= 0.6 is 0 Å². The Hall–Kier alpha value is -2.14. The molecule has 22 heavy (non-hydrogen) atoms. The predicted octanol–water partition coefficient (Wildman–Crippen LogP) is 2.39. The van der Waals surface area contributed by atoms with Gasteiger partial charge in [0.1, 0.15) is 5.75 Å². The Morgan fingerprint density at radius 1 is 1.18 bits per heavy atom. The maximum atomic E-state index is 12.6. The quantitative estimate of drug-likeness (QED) is 0.874. The third-order valence-corrected chi connectivity index (χ3v) is 5.11. The lowest BCUT2D eigenvalue weighted by molar-refractivity contribution is -0.118. The van der Waals surface area contributed by atoms with Crippen LogP contribution in [0, 0.1) is 0 Å². The van der Waals surface area contributed by atoms with Crippen molar-refractivity contribution in [3.05, 3.63) is 54.1 Å². The van der Waals surface area contributed by atoms with Gasteiger partial charge in [0.05, 0.1) is 34.9 Å². The molecule has 0 spiro atoms. The highest BCUT2D eigenvalue weighted by molar-refractivity contribution is 7.85. The number of nitrogens with zero attached hydrogens (tertiary/aromatic N) is 1. The van der Waals surface area contributed by atoms with Crippen molar-refractivity contribution in [3.8, 4) is 5.75 Å². The minimum Gasteiger partial charge on any atom is -0.497 e. The zero-order chi connectivity index (χ0) is 15.5. The van der Waals surface area contributed by atoms with Crippen LogP contribution in [0.1, 0.15) is 5.56 Å². The summed E-state index contributed by atoms with van der Waals surface area (Å²) in [6.07, 6.45) is 0.324. The Kier molecular flexibility index (Phi) is 4.24. The Morgan fingerprint density at radius 3 is 2.64 bits per heavy atom. The molecule has 1 unspecified atom stereocenters. The summed E-state index contributed by atoms with van der Waals surface area (Å²) in [5.41, 5.74) is 1.71. The van der Waals surface area contributed by atoms with Crippen LogP contribution in [-0.2, 0) is 22.0 Å². The number of ether oxygens (including phenoxy) is 1. The molecule has 2 aromatic carbocycles. The van der Waals surface area contributed by atoms with Crippen LogP contribution in [0.25, 0.3) is 0 Å².